The van der Waals surface area contributed by atoms with E-state index in [1.807, 2.05) is 0 Å². The van der Waals surface area contributed by atoms with Gasteiger partial charge in [-0.05, 0) is 0 Å². The molecule has 1 rings (SSSR count). The van der Waals surface area contributed by atoms with Crippen LogP contribution in [0.5, 0.6) is 0 Å². The SMILES string of the molecule is C[Si](C)(C)[Si]([I-]c1ccccc1)([Si](C)(C)C)[Si](C)(C)C. The van der Waals surface area contributed by atoms with Gasteiger partial charge in [0.05, 0.1) is 0 Å². The molecule has 0 spiro atoms. The normalized spacial score (nSPS) is 14.7. The van der Waals surface area contributed by atoms with Crippen molar-refractivity contribution in [2.75, 3.05) is 0 Å². The Balaban J connectivity index is 3.48. The van der Waals surface area contributed by atoms with Gasteiger partial charge in [-0.2, -0.15) is 0 Å². The van der Waals surface area contributed by atoms with Crippen molar-refractivity contribution in [3.05, 3.63) is 33.9 Å². The molecule has 0 aromatic heterocycles. The molecule has 0 unspecified atom stereocenters. The van der Waals surface area contributed by atoms with E-state index in [1.54, 1.807) is 3.57 Å². The average Bonchev–Trinajstić information content (AvgIpc) is 2.22. The molecule has 20 heavy (non-hydrogen) atoms. The Morgan fingerprint density at radius 1 is 0.600 bits per heavy atom. The van der Waals surface area contributed by atoms with Crippen molar-refractivity contribution < 1.29 is 20.4 Å². The topological polar surface area (TPSA) is 0 Å². The Kier molecular flexibility index (Phi) is 5.79. The predicted molar refractivity (Wildman–Crippen MR) is 101 cm³/mol. The molecule has 0 heterocycles. The Morgan fingerprint density at radius 3 is 1.25 bits per heavy atom. The van der Waals surface area contributed by atoms with Gasteiger partial charge in [0.25, 0.3) is 0 Å². The maximum atomic E-state index is 2.71. The van der Waals surface area contributed by atoms with Crippen LogP contribution in [0.15, 0.2) is 30.3 Å². The third-order valence-electron chi connectivity index (χ3n) is 4.08. The zero-order valence-electron chi connectivity index (χ0n) is 14.8. The molecular formula is C15H32ISi4-. The van der Waals surface area contributed by atoms with Gasteiger partial charge in [-0.25, -0.2) is 0 Å². The zero-order chi connectivity index (χ0) is 15.8. The molecule has 1 aromatic rings. The molecule has 0 radical (unpaired) electrons. The summed E-state index contributed by atoms with van der Waals surface area (Å²) < 4.78 is 0.613. The molecule has 5 heteroatoms. The van der Waals surface area contributed by atoms with E-state index in [0.717, 1.165) is 0 Å². The molecule has 0 bridgehead atoms. The van der Waals surface area contributed by atoms with Crippen LogP contribution >= 0.6 is 0 Å². The Hall–Kier alpha value is 0.818. The third kappa shape index (κ3) is 3.59. The second kappa shape index (κ2) is 6.14. The van der Waals surface area contributed by atoms with Crippen LogP contribution in [0.2, 0.25) is 58.9 Å². The van der Waals surface area contributed by atoms with Crippen LogP contribution in [0.1, 0.15) is 0 Å². The minimum atomic E-state index is -1.11. The van der Waals surface area contributed by atoms with Gasteiger partial charge in [-0.15, -0.1) is 0 Å². The van der Waals surface area contributed by atoms with E-state index in [9.17, 15) is 0 Å². The summed E-state index contributed by atoms with van der Waals surface area (Å²) in [4.78, 5) is 0. The third-order valence-corrected chi connectivity index (χ3v) is 124. The minimum absolute atomic E-state index is 0.229. The zero-order valence-corrected chi connectivity index (χ0v) is 20.9. The molecule has 0 nitrogen and oxygen atoms in total. The summed E-state index contributed by atoms with van der Waals surface area (Å²) in [6.45, 7) is 24.4. The van der Waals surface area contributed by atoms with Crippen molar-refractivity contribution in [3.63, 3.8) is 0 Å². The molecule has 0 atom stereocenters. The van der Waals surface area contributed by atoms with E-state index >= 15 is 0 Å². The molecule has 0 amide bonds. The van der Waals surface area contributed by atoms with Gasteiger partial charge in [-0.1, -0.05) is 0 Å². The number of hydrogen-bond acceptors (Lipinski definition) is 0. The van der Waals surface area contributed by atoms with Crippen LogP contribution in [0.4, 0.5) is 0 Å². The van der Waals surface area contributed by atoms with E-state index in [2.05, 4.69) is 89.3 Å². The van der Waals surface area contributed by atoms with E-state index in [0.29, 0.717) is 0 Å². The standard InChI is InChI=1S/C15H32ISi4/c1-17(2,3)20(18(4,5)6,19(7,8)9)16-15-13-11-10-12-14-15/h10-14H,1-9H3/q-1. The number of halogens is 1. The Labute approximate surface area is 139 Å². The number of hydrogen-bond donors (Lipinski definition) is 0. The van der Waals surface area contributed by atoms with E-state index in [1.165, 1.54) is 0 Å². The molecule has 0 saturated carbocycles. The summed E-state index contributed by atoms with van der Waals surface area (Å²) in [6, 6.07) is 11.5. The van der Waals surface area contributed by atoms with Crippen molar-refractivity contribution in [2.45, 2.75) is 58.9 Å². The monoisotopic (exact) mass is 451 g/mol. The molecule has 0 N–H and O–H groups in total. The molecule has 0 aliphatic rings. The van der Waals surface area contributed by atoms with Crippen molar-refractivity contribution in [3.8, 4) is 0 Å². The van der Waals surface area contributed by atoms with E-state index in [-0.39, 0.29) is 20.4 Å². The van der Waals surface area contributed by atoms with Gasteiger partial charge in [0.15, 0.2) is 0 Å². The van der Waals surface area contributed by atoms with Crippen LogP contribution in [-0.4, -0.2) is 26.9 Å². The maximum absolute atomic E-state index is 2.71. The van der Waals surface area contributed by atoms with Gasteiger partial charge in [0.2, 0.25) is 0 Å². The van der Waals surface area contributed by atoms with Crippen LogP contribution in [-0.2, 0) is 0 Å². The molecule has 0 saturated heterocycles. The van der Waals surface area contributed by atoms with Crippen molar-refractivity contribution in [1.29, 1.82) is 0 Å². The second-order valence-electron chi connectivity index (χ2n) is 8.80. The Bertz CT molecular complexity index is 402. The van der Waals surface area contributed by atoms with Gasteiger partial charge in [-0.3, -0.25) is 0 Å². The molecular weight excluding hydrogens is 419 g/mol. The molecule has 0 aliphatic carbocycles. The summed E-state index contributed by atoms with van der Waals surface area (Å²) in [5.74, 6) is 0. The fourth-order valence-corrected chi connectivity index (χ4v) is 129. The molecule has 1 aromatic carbocycles. The van der Waals surface area contributed by atoms with Crippen molar-refractivity contribution in [2.24, 2.45) is 0 Å². The average molecular weight is 452 g/mol. The first-order chi connectivity index (χ1) is 8.83. The number of rotatable bonds is 5. The first-order valence-electron chi connectivity index (χ1n) is 7.54. The first kappa shape index (κ1) is 18.9. The first-order valence-corrected chi connectivity index (χ1v) is 27.2. The van der Waals surface area contributed by atoms with Crippen LogP contribution in [0, 0.1) is 3.57 Å². The van der Waals surface area contributed by atoms with E-state index in [4.69, 9.17) is 0 Å². The van der Waals surface area contributed by atoms with E-state index < -0.39 is 26.9 Å². The molecule has 0 aliphatic heterocycles. The van der Waals surface area contributed by atoms with Crippen LogP contribution < -0.4 is 20.4 Å². The summed E-state index contributed by atoms with van der Waals surface area (Å²) in [5.41, 5.74) is 0. The fraction of sp³-hybridized carbons (Fsp3) is 0.600. The van der Waals surface area contributed by atoms with Crippen LogP contribution in [0.3, 0.4) is 0 Å². The van der Waals surface area contributed by atoms with Gasteiger partial charge in [0, 0.05) is 0 Å². The van der Waals surface area contributed by atoms with Crippen molar-refractivity contribution in [1.82, 2.24) is 0 Å². The number of benzene rings is 1. The van der Waals surface area contributed by atoms with Gasteiger partial charge in [0.1, 0.15) is 0 Å². The quantitative estimate of drug-likeness (QED) is 0.366. The van der Waals surface area contributed by atoms with Gasteiger partial charge < -0.3 is 0 Å². The predicted octanol–water partition coefficient (Wildman–Crippen LogP) is 2.14. The van der Waals surface area contributed by atoms with Gasteiger partial charge >= 0.3 is 140 Å². The van der Waals surface area contributed by atoms with Crippen molar-refractivity contribution >= 4 is 26.9 Å². The summed E-state index contributed by atoms with van der Waals surface area (Å²) in [7, 11) is -3.24. The van der Waals surface area contributed by atoms with Crippen LogP contribution in [0.25, 0.3) is 0 Å². The summed E-state index contributed by atoms with van der Waals surface area (Å²) in [5, 5.41) is 0. The second-order valence-corrected chi connectivity index (χ2v) is 65.4. The Morgan fingerprint density at radius 2 is 0.950 bits per heavy atom. The fourth-order valence-electron chi connectivity index (χ4n) is 4.44. The molecule has 116 valence electrons. The summed E-state index contributed by atoms with van der Waals surface area (Å²) in [6.07, 6.45) is 0. The summed E-state index contributed by atoms with van der Waals surface area (Å²) >= 11 is 0.229. The molecule has 0 fully saturated rings.